The van der Waals surface area contributed by atoms with Crippen LogP contribution in [0.25, 0.3) is 10.8 Å². The Morgan fingerprint density at radius 2 is 1.63 bits per heavy atom. The number of carbonyl (C=O) groups excluding carboxylic acids is 2. The number of nitrogens with one attached hydrogen (secondary N) is 1. The molecule has 0 spiro atoms. The molecular formula is C26H30BrN3O4S. The van der Waals surface area contributed by atoms with E-state index in [2.05, 4.69) is 21.2 Å². The first kappa shape index (κ1) is 26.8. The predicted molar refractivity (Wildman–Crippen MR) is 141 cm³/mol. The third-order valence-electron chi connectivity index (χ3n) is 5.63. The van der Waals surface area contributed by atoms with Crippen LogP contribution in [-0.2, 0) is 26.2 Å². The van der Waals surface area contributed by atoms with E-state index in [9.17, 15) is 18.0 Å². The monoisotopic (exact) mass is 559 g/mol. The van der Waals surface area contributed by atoms with Crippen LogP contribution in [0.4, 0.5) is 0 Å². The minimum atomic E-state index is -3.93. The number of fused-ring (bicyclic) bond motifs is 1. The van der Waals surface area contributed by atoms with Gasteiger partial charge in [-0.05, 0) is 61.4 Å². The van der Waals surface area contributed by atoms with Crippen molar-refractivity contribution in [3.05, 3.63) is 76.8 Å². The summed E-state index contributed by atoms with van der Waals surface area (Å²) in [7, 11) is -2.55. The Kier molecular flexibility index (Phi) is 8.69. The van der Waals surface area contributed by atoms with E-state index in [-0.39, 0.29) is 23.4 Å². The van der Waals surface area contributed by atoms with Crippen molar-refractivity contribution < 1.29 is 18.0 Å². The largest absolute Gasteiger partial charge is 0.352 e. The molecule has 0 saturated carbocycles. The molecule has 9 heteroatoms. The Labute approximate surface area is 215 Å². The number of sulfonamides is 1. The van der Waals surface area contributed by atoms with Crippen molar-refractivity contribution in [3.8, 4) is 0 Å². The van der Waals surface area contributed by atoms with E-state index >= 15 is 0 Å². The van der Waals surface area contributed by atoms with Crippen molar-refractivity contribution in [3.63, 3.8) is 0 Å². The quantitative estimate of drug-likeness (QED) is 0.426. The molecule has 186 valence electrons. The Bertz CT molecular complexity index is 1330. The standard InChI is InChI=1S/C26H30BrN3O4S/c1-18(2)28-26(32)19(3)30(16-20-8-7-11-23(27)14-20)25(31)17-29(4)35(33,34)24-13-12-21-9-5-6-10-22(21)15-24/h5-15,18-19H,16-17H2,1-4H3,(H,28,32)/t19-/m1/s1. The van der Waals surface area contributed by atoms with Gasteiger partial charge in [0.05, 0.1) is 11.4 Å². The Morgan fingerprint density at radius 3 is 2.29 bits per heavy atom. The number of hydrogen-bond acceptors (Lipinski definition) is 4. The fourth-order valence-corrected chi connectivity index (χ4v) is 5.30. The summed E-state index contributed by atoms with van der Waals surface area (Å²) in [6.45, 7) is 5.09. The number of nitrogens with zero attached hydrogens (tertiary/aromatic N) is 2. The summed E-state index contributed by atoms with van der Waals surface area (Å²) in [5, 5.41) is 4.55. The van der Waals surface area contributed by atoms with Gasteiger partial charge in [0.2, 0.25) is 21.8 Å². The molecule has 1 atom stereocenters. The Balaban J connectivity index is 1.85. The van der Waals surface area contributed by atoms with Crippen molar-refractivity contribution in [2.45, 2.75) is 44.3 Å². The molecule has 7 nitrogen and oxygen atoms in total. The van der Waals surface area contributed by atoms with Gasteiger partial charge in [0, 0.05) is 24.1 Å². The number of amides is 2. The minimum absolute atomic E-state index is 0.0938. The maximum atomic E-state index is 13.4. The fourth-order valence-electron chi connectivity index (χ4n) is 3.69. The lowest BCUT2D eigenvalue weighted by Crippen LogP contribution is -2.51. The Hall–Kier alpha value is -2.75. The lowest BCUT2D eigenvalue weighted by molar-refractivity contribution is -0.140. The fraction of sp³-hybridized carbons (Fsp3) is 0.308. The van der Waals surface area contributed by atoms with Crippen molar-refractivity contribution in [1.82, 2.24) is 14.5 Å². The van der Waals surface area contributed by atoms with E-state index < -0.39 is 28.5 Å². The molecule has 0 radical (unpaired) electrons. The zero-order valence-corrected chi connectivity index (χ0v) is 22.6. The lowest BCUT2D eigenvalue weighted by atomic mass is 10.1. The van der Waals surface area contributed by atoms with E-state index in [1.807, 2.05) is 62.4 Å². The molecule has 3 aromatic carbocycles. The Morgan fingerprint density at radius 1 is 0.943 bits per heavy atom. The molecule has 3 rings (SSSR count). The smallest absolute Gasteiger partial charge is 0.243 e. The molecule has 0 aromatic heterocycles. The zero-order valence-electron chi connectivity index (χ0n) is 20.2. The molecule has 0 aliphatic heterocycles. The molecule has 0 fully saturated rings. The third kappa shape index (κ3) is 6.68. The van der Waals surface area contributed by atoms with Gasteiger partial charge in [-0.3, -0.25) is 9.59 Å². The summed E-state index contributed by atoms with van der Waals surface area (Å²) in [5.74, 6) is -0.772. The molecule has 3 aromatic rings. The van der Waals surface area contributed by atoms with Gasteiger partial charge < -0.3 is 10.2 Å². The molecule has 0 unspecified atom stereocenters. The van der Waals surface area contributed by atoms with Gasteiger partial charge in [0.15, 0.2) is 0 Å². The maximum Gasteiger partial charge on any atom is 0.243 e. The first-order valence-electron chi connectivity index (χ1n) is 11.3. The van der Waals surface area contributed by atoms with E-state index in [4.69, 9.17) is 0 Å². The molecule has 0 saturated heterocycles. The third-order valence-corrected chi connectivity index (χ3v) is 7.92. The van der Waals surface area contributed by atoms with Crippen LogP contribution in [0, 0.1) is 0 Å². The van der Waals surface area contributed by atoms with Crippen LogP contribution >= 0.6 is 15.9 Å². The number of halogens is 1. The van der Waals surface area contributed by atoms with Crippen LogP contribution in [0.3, 0.4) is 0 Å². The van der Waals surface area contributed by atoms with E-state index in [1.165, 1.54) is 18.0 Å². The molecule has 0 aliphatic carbocycles. The highest BCUT2D eigenvalue weighted by Crippen LogP contribution is 2.22. The van der Waals surface area contributed by atoms with Crippen molar-refractivity contribution in [1.29, 1.82) is 0 Å². The average Bonchev–Trinajstić information content (AvgIpc) is 2.81. The second-order valence-electron chi connectivity index (χ2n) is 8.76. The molecular weight excluding hydrogens is 530 g/mol. The highest BCUT2D eigenvalue weighted by molar-refractivity contribution is 9.10. The summed E-state index contributed by atoms with van der Waals surface area (Å²) < 4.78 is 28.4. The van der Waals surface area contributed by atoms with Gasteiger partial charge in [0.25, 0.3) is 0 Å². The maximum absolute atomic E-state index is 13.4. The summed E-state index contributed by atoms with van der Waals surface area (Å²) in [5.41, 5.74) is 0.817. The van der Waals surface area contributed by atoms with Gasteiger partial charge in [-0.1, -0.05) is 58.4 Å². The van der Waals surface area contributed by atoms with Crippen LogP contribution in [-0.4, -0.2) is 55.1 Å². The minimum Gasteiger partial charge on any atom is -0.352 e. The number of hydrogen-bond donors (Lipinski definition) is 1. The van der Waals surface area contributed by atoms with Crippen LogP contribution in [0.2, 0.25) is 0 Å². The molecule has 0 heterocycles. The normalized spacial score (nSPS) is 12.7. The summed E-state index contributed by atoms with van der Waals surface area (Å²) in [6, 6.07) is 18.9. The average molecular weight is 561 g/mol. The van der Waals surface area contributed by atoms with E-state index in [1.54, 1.807) is 19.1 Å². The molecule has 2 amide bonds. The first-order valence-corrected chi connectivity index (χ1v) is 13.5. The molecule has 35 heavy (non-hydrogen) atoms. The molecule has 1 N–H and O–H groups in total. The van der Waals surface area contributed by atoms with Crippen molar-refractivity contribution in [2.24, 2.45) is 0 Å². The highest BCUT2D eigenvalue weighted by Gasteiger charge is 2.30. The lowest BCUT2D eigenvalue weighted by Gasteiger charge is -2.31. The van der Waals surface area contributed by atoms with Gasteiger partial charge in [-0.2, -0.15) is 4.31 Å². The van der Waals surface area contributed by atoms with Crippen LogP contribution < -0.4 is 5.32 Å². The molecule has 0 aliphatic rings. The SMILES string of the molecule is CC(C)NC(=O)[C@@H](C)N(Cc1cccc(Br)c1)C(=O)CN(C)S(=O)(=O)c1ccc2ccccc2c1. The van der Waals surface area contributed by atoms with E-state index in [0.717, 1.165) is 25.1 Å². The van der Waals surface area contributed by atoms with Crippen molar-refractivity contribution in [2.75, 3.05) is 13.6 Å². The number of likely N-dealkylation sites (N-methyl/N-ethyl adjacent to an activating group) is 1. The van der Waals surface area contributed by atoms with E-state index in [0.29, 0.717) is 0 Å². The summed E-state index contributed by atoms with van der Waals surface area (Å²) in [4.78, 5) is 27.6. The van der Waals surface area contributed by atoms with Crippen molar-refractivity contribution >= 4 is 48.5 Å². The van der Waals surface area contributed by atoms with Gasteiger partial charge in [-0.15, -0.1) is 0 Å². The summed E-state index contributed by atoms with van der Waals surface area (Å²) >= 11 is 3.43. The van der Waals surface area contributed by atoms with Crippen LogP contribution in [0.1, 0.15) is 26.3 Å². The summed E-state index contributed by atoms with van der Waals surface area (Å²) in [6.07, 6.45) is 0. The number of benzene rings is 3. The molecule has 0 bridgehead atoms. The van der Waals surface area contributed by atoms with Crippen LogP contribution in [0.5, 0.6) is 0 Å². The van der Waals surface area contributed by atoms with Gasteiger partial charge >= 0.3 is 0 Å². The van der Waals surface area contributed by atoms with Gasteiger partial charge in [-0.25, -0.2) is 8.42 Å². The van der Waals surface area contributed by atoms with Crippen LogP contribution in [0.15, 0.2) is 76.1 Å². The number of carbonyl (C=O) groups is 2. The highest BCUT2D eigenvalue weighted by atomic mass is 79.9. The predicted octanol–water partition coefficient (Wildman–Crippen LogP) is 4.16. The first-order chi connectivity index (χ1) is 16.5. The zero-order chi connectivity index (χ0) is 25.8. The second kappa shape index (κ2) is 11.3. The topological polar surface area (TPSA) is 86.8 Å². The second-order valence-corrected chi connectivity index (χ2v) is 11.7. The van der Waals surface area contributed by atoms with Gasteiger partial charge in [0.1, 0.15) is 6.04 Å². The number of rotatable bonds is 9.